The summed E-state index contributed by atoms with van der Waals surface area (Å²) < 4.78 is 48.6. The minimum Gasteiger partial charge on any atom is -0.489 e. The Labute approximate surface area is 214 Å². The van der Waals surface area contributed by atoms with Crippen molar-refractivity contribution in [2.24, 2.45) is 0 Å². The molecule has 0 aliphatic carbocycles. The van der Waals surface area contributed by atoms with Crippen LogP contribution in [0.3, 0.4) is 0 Å². The summed E-state index contributed by atoms with van der Waals surface area (Å²) in [5, 5.41) is 3.89. The lowest BCUT2D eigenvalue weighted by Gasteiger charge is -2.26. The molecule has 1 N–H and O–H groups in total. The number of nitrogens with zero attached hydrogens (tertiary/aromatic N) is 2. The number of benzene rings is 1. The van der Waals surface area contributed by atoms with Gasteiger partial charge in [-0.1, -0.05) is 17.7 Å². The maximum absolute atomic E-state index is 13.5. The van der Waals surface area contributed by atoms with Gasteiger partial charge in [-0.3, -0.25) is 14.3 Å². The first kappa shape index (κ1) is 24.8. The average Bonchev–Trinajstić information content (AvgIpc) is 3.24. The van der Waals surface area contributed by atoms with Gasteiger partial charge in [-0.05, 0) is 68.8 Å². The molecule has 1 aliphatic heterocycles. The molecule has 36 heavy (non-hydrogen) atoms. The number of halogens is 4. The van der Waals surface area contributed by atoms with E-state index in [0.29, 0.717) is 15.4 Å². The predicted octanol–water partition coefficient (Wildman–Crippen LogP) is 6.28. The number of piperidine rings is 1. The summed E-state index contributed by atoms with van der Waals surface area (Å²) in [5.41, 5.74) is 1.50. The topological polar surface area (TPSA) is 56.2 Å². The highest BCUT2D eigenvalue weighted by Gasteiger charge is 2.34. The third-order valence-corrected chi connectivity index (χ3v) is 7.58. The van der Waals surface area contributed by atoms with Crippen LogP contribution in [0, 0.1) is 6.92 Å². The van der Waals surface area contributed by atoms with E-state index in [-0.39, 0.29) is 12.6 Å². The zero-order valence-corrected chi connectivity index (χ0v) is 20.9. The minimum atomic E-state index is -4.64. The summed E-state index contributed by atoms with van der Waals surface area (Å²) in [6, 6.07) is 10.5. The van der Waals surface area contributed by atoms with Gasteiger partial charge in [0, 0.05) is 33.3 Å². The van der Waals surface area contributed by atoms with Crippen molar-refractivity contribution in [2.75, 3.05) is 13.1 Å². The van der Waals surface area contributed by atoms with Gasteiger partial charge in [0.05, 0.1) is 16.8 Å². The number of ether oxygens (including phenoxy) is 1. The van der Waals surface area contributed by atoms with Crippen LogP contribution < -0.4 is 15.6 Å². The summed E-state index contributed by atoms with van der Waals surface area (Å²) in [5.74, 6) is 0.743. The van der Waals surface area contributed by atoms with Crippen LogP contribution in [0.2, 0.25) is 5.02 Å². The van der Waals surface area contributed by atoms with Crippen LogP contribution in [0.4, 0.5) is 13.2 Å². The largest absolute Gasteiger partial charge is 0.489 e. The second kappa shape index (κ2) is 9.88. The van der Waals surface area contributed by atoms with Crippen molar-refractivity contribution < 1.29 is 17.9 Å². The lowest BCUT2D eigenvalue weighted by Crippen LogP contribution is -2.34. The molecule has 1 aromatic carbocycles. The molecule has 0 unspecified atom stereocenters. The maximum atomic E-state index is 13.5. The van der Waals surface area contributed by atoms with E-state index in [1.165, 1.54) is 11.3 Å². The Bertz CT molecular complexity index is 1480. The molecule has 0 atom stereocenters. The molecule has 1 fully saturated rings. The molecule has 1 aliphatic rings. The van der Waals surface area contributed by atoms with Gasteiger partial charge in [0.1, 0.15) is 17.5 Å². The van der Waals surface area contributed by atoms with Gasteiger partial charge in [-0.15, -0.1) is 11.3 Å². The number of pyridine rings is 2. The van der Waals surface area contributed by atoms with Gasteiger partial charge in [-0.25, -0.2) is 0 Å². The first-order chi connectivity index (χ1) is 17.2. The number of thiophene rings is 1. The quantitative estimate of drug-likeness (QED) is 0.328. The predicted molar refractivity (Wildman–Crippen MR) is 136 cm³/mol. The van der Waals surface area contributed by atoms with Gasteiger partial charge in [-0.2, -0.15) is 13.2 Å². The molecule has 0 saturated carbocycles. The van der Waals surface area contributed by atoms with Gasteiger partial charge in [0.25, 0.3) is 5.56 Å². The van der Waals surface area contributed by atoms with Crippen LogP contribution in [0.1, 0.15) is 29.0 Å². The summed E-state index contributed by atoms with van der Waals surface area (Å²) in [6.07, 6.45) is -1.12. The number of hydrogen-bond donors (Lipinski definition) is 1. The van der Waals surface area contributed by atoms with E-state index in [4.69, 9.17) is 16.3 Å². The Morgan fingerprint density at radius 2 is 1.94 bits per heavy atom. The van der Waals surface area contributed by atoms with E-state index >= 15 is 0 Å². The molecule has 1 saturated heterocycles. The molecule has 4 heterocycles. The molecule has 4 aromatic rings. The van der Waals surface area contributed by atoms with E-state index < -0.39 is 17.4 Å². The zero-order valence-electron chi connectivity index (χ0n) is 19.4. The standard InChI is InChI=1S/C26H23ClF3N3O2S/c1-15-11-16(27)12-20(24(15)35-17-5-8-31-9-6-17)19-7-10-32-21-13-18(36-25(19)21)14-33-22(26(28,29)30)3-2-4-23(33)34/h2-4,7,10-13,17,31H,5-6,8-9,14H2,1H3. The van der Waals surface area contributed by atoms with Crippen LogP contribution in [0.25, 0.3) is 21.3 Å². The van der Waals surface area contributed by atoms with Gasteiger partial charge in [0.2, 0.25) is 0 Å². The first-order valence-electron chi connectivity index (χ1n) is 11.5. The number of aryl methyl sites for hydroxylation is 1. The summed E-state index contributed by atoms with van der Waals surface area (Å²) in [4.78, 5) is 17.3. The molecular formula is C26H23ClF3N3O2S. The fourth-order valence-electron chi connectivity index (χ4n) is 4.53. The lowest BCUT2D eigenvalue weighted by molar-refractivity contribution is -0.144. The third kappa shape index (κ3) is 5.00. The second-order valence-electron chi connectivity index (χ2n) is 8.79. The molecule has 0 radical (unpaired) electrons. The van der Waals surface area contributed by atoms with Crippen LogP contribution in [-0.4, -0.2) is 28.7 Å². The normalized spacial score (nSPS) is 14.9. The van der Waals surface area contributed by atoms with Crippen molar-refractivity contribution in [3.05, 3.63) is 80.2 Å². The van der Waals surface area contributed by atoms with E-state index in [9.17, 15) is 18.0 Å². The molecule has 0 amide bonds. The lowest BCUT2D eigenvalue weighted by atomic mass is 10.0. The van der Waals surface area contributed by atoms with Crippen molar-refractivity contribution in [1.29, 1.82) is 0 Å². The molecule has 3 aromatic heterocycles. The molecular weight excluding hydrogens is 511 g/mol. The molecule has 5 rings (SSSR count). The highest BCUT2D eigenvalue weighted by atomic mass is 35.5. The van der Waals surface area contributed by atoms with Crippen molar-refractivity contribution in [1.82, 2.24) is 14.9 Å². The van der Waals surface area contributed by atoms with Gasteiger partial charge < -0.3 is 10.1 Å². The Kier molecular flexibility index (Phi) is 6.80. The third-order valence-electron chi connectivity index (χ3n) is 6.22. The highest BCUT2D eigenvalue weighted by Crippen LogP contribution is 2.42. The summed E-state index contributed by atoms with van der Waals surface area (Å²) in [7, 11) is 0. The Balaban J connectivity index is 1.58. The Hall–Kier alpha value is -2.88. The van der Waals surface area contributed by atoms with Gasteiger partial charge >= 0.3 is 6.18 Å². The number of fused-ring (bicyclic) bond motifs is 1. The van der Waals surface area contributed by atoms with Crippen molar-refractivity contribution in [3.8, 4) is 16.9 Å². The first-order valence-corrected chi connectivity index (χ1v) is 12.7. The maximum Gasteiger partial charge on any atom is 0.431 e. The number of aromatic nitrogens is 2. The fraction of sp³-hybridized carbons (Fsp3) is 0.308. The van der Waals surface area contributed by atoms with Crippen LogP contribution in [0.15, 0.2) is 53.5 Å². The fourth-order valence-corrected chi connectivity index (χ4v) is 5.93. The number of rotatable bonds is 5. The minimum absolute atomic E-state index is 0.0758. The summed E-state index contributed by atoms with van der Waals surface area (Å²) in [6.45, 7) is 3.52. The van der Waals surface area contributed by atoms with E-state index in [1.54, 1.807) is 12.3 Å². The van der Waals surface area contributed by atoms with Crippen molar-refractivity contribution >= 4 is 33.2 Å². The SMILES string of the molecule is Cc1cc(Cl)cc(-c2ccnc3cc(Cn4c(C(F)(F)F)cccc4=O)sc23)c1OC1CCNCC1. The van der Waals surface area contributed by atoms with E-state index in [0.717, 1.165) is 75.8 Å². The van der Waals surface area contributed by atoms with E-state index in [1.807, 2.05) is 25.1 Å². The van der Waals surface area contributed by atoms with Crippen LogP contribution in [0.5, 0.6) is 5.75 Å². The van der Waals surface area contributed by atoms with Crippen molar-refractivity contribution in [3.63, 3.8) is 0 Å². The Morgan fingerprint density at radius 3 is 2.69 bits per heavy atom. The number of nitrogens with one attached hydrogen (secondary N) is 1. The zero-order chi connectivity index (χ0) is 25.4. The van der Waals surface area contributed by atoms with Gasteiger partial charge in [0.15, 0.2) is 0 Å². The molecule has 188 valence electrons. The van der Waals surface area contributed by atoms with Crippen LogP contribution in [-0.2, 0) is 12.7 Å². The summed E-state index contributed by atoms with van der Waals surface area (Å²) >= 11 is 7.74. The second-order valence-corrected chi connectivity index (χ2v) is 10.4. The monoisotopic (exact) mass is 533 g/mol. The average molecular weight is 534 g/mol. The van der Waals surface area contributed by atoms with Crippen LogP contribution >= 0.6 is 22.9 Å². The van der Waals surface area contributed by atoms with Crippen molar-refractivity contribution in [2.45, 2.75) is 38.6 Å². The number of alkyl halides is 3. The Morgan fingerprint density at radius 1 is 1.17 bits per heavy atom. The molecule has 0 bridgehead atoms. The smallest absolute Gasteiger partial charge is 0.431 e. The molecule has 10 heteroatoms. The van der Waals surface area contributed by atoms with E-state index in [2.05, 4.69) is 10.3 Å². The molecule has 5 nitrogen and oxygen atoms in total. The molecule has 0 spiro atoms. The highest BCUT2D eigenvalue weighted by molar-refractivity contribution is 7.19. The number of hydrogen-bond acceptors (Lipinski definition) is 5.